The third-order valence-electron chi connectivity index (χ3n) is 16.0. The number of fused-ring (bicyclic) bond motifs is 5. The van der Waals surface area contributed by atoms with Crippen molar-refractivity contribution < 1.29 is 63.1 Å². The normalized spacial score (nSPS) is 52.7. The number of aliphatic hydroxyl groups excluding tert-OH is 2. The van der Waals surface area contributed by atoms with Crippen molar-refractivity contribution in [1.82, 2.24) is 5.32 Å². The van der Waals surface area contributed by atoms with E-state index in [9.17, 15) is 20.1 Å². The molecule has 0 aliphatic carbocycles. The van der Waals surface area contributed by atoms with Crippen LogP contribution in [0.3, 0.4) is 0 Å². The lowest BCUT2D eigenvalue weighted by molar-refractivity contribution is -0.367. The summed E-state index contributed by atoms with van der Waals surface area (Å²) in [6.07, 6.45) is 8.58. The number of aliphatic carboxylic acids is 1. The molecule has 0 amide bonds. The number of carbonyl (C=O) groups is 1. The van der Waals surface area contributed by atoms with Crippen LogP contribution in [0.5, 0.6) is 0 Å². The summed E-state index contributed by atoms with van der Waals surface area (Å²) in [5.41, 5.74) is 0.370. The molecule has 0 aromatic heterocycles. The smallest absolute Gasteiger partial charge is 0.306 e. The number of piperidine rings is 1. The first-order valence-corrected chi connectivity index (χ1v) is 23.3. The molecule has 9 heterocycles. The summed E-state index contributed by atoms with van der Waals surface area (Å²) >= 11 is 0. The molecule has 1 unspecified atom stereocenters. The van der Waals surface area contributed by atoms with Crippen molar-refractivity contribution in [2.24, 2.45) is 35.5 Å². The summed E-state index contributed by atoms with van der Waals surface area (Å²) in [6.45, 7) is 18.4. The van der Waals surface area contributed by atoms with Crippen LogP contribution >= 0.6 is 0 Å². The number of carboxylic acid groups (broad SMARTS) is 1. The molecule has 9 aliphatic rings. The Kier molecular flexibility index (Phi) is 11.8. The van der Waals surface area contributed by atoms with Crippen LogP contribution in [0.15, 0.2) is 36.5 Å². The highest BCUT2D eigenvalue weighted by molar-refractivity contribution is 5.67. The molecule has 21 atom stereocenters. The van der Waals surface area contributed by atoms with Crippen LogP contribution in [0.1, 0.15) is 119 Å². The van der Waals surface area contributed by atoms with Crippen LogP contribution in [-0.4, -0.2) is 123 Å². The van der Waals surface area contributed by atoms with Gasteiger partial charge in [0.2, 0.25) is 0 Å². The molecule has 0 radical (unpaired) electrons. The van der Waals surface area contributed by atoms with Gasteiger partial charge in [0.25, 0.3) is 0 Å². The highest BCUT2D eigenvalue weighted by Gasteiger charge is 2.64. The second-order valence-electron chi connectivity index (χ2n) is 21.1. The first-order valence-electron chi connectivity index (χ1n) is 23.3. The first kappa shape index (κ1) is 44.4. The lowest BCUT2D eigenvalue weighted by Crippen LogP contribution is -2.62. The zero-order chi connectivity index (χ0) is 43.3. The van der Waals surface area contributed by atoms with Crippen LogP contribution < -0.4 is 5.32 Å². The summed E-state index contributed by atoms with van der Waals surface area (Å²) in [5.74, 6) is -4.82. The maximum Gasteiger partial charge on any atom is 0.306 e. The highest BCUT2D eigenvalue weighted by atomic mass is 16.8. The fraction of sp³-hybridized carbons (Fsp3) is 0.851. The monoisotopic (exact) mass is 857 g/mol. The summed E-state index contributed by atoms with van der Waals surface area (Å²) in [5, 5.41) is 47.3. The van der Waals surface area contributed by atoms with Gasteiger partial charge in [-0.1, -0.05) is 72.4 Å². The molecule has 9 rings (SSSR count). The molecule has 2 bridgehead atoms. The number of hydrogen-bond donors (Lipinski definition) is 5. The minimum absolute atomic E-state index is 0.0246. The van der Waals surface area contributed by atoms with Crippen LogP contribution in [0, 0.1) is 35.5 Å². The Morgan fingerprint density at radius 1 is 0.852 bits per heavy atom. The lowest BCUT2D eigenvalue weighted by Gasteiger charge is -2.53. The highest BCUT2D eigenvalue weighted by Crippen LogP contribution is 2.56. The molecule has 8 saturated heterocycles. The zero-order valence-corrected chi connectivity index (χ0v) is 36.9. The summed E-state index contributed by atoms with van der Waals surface area (Å²) < 4.78 is 54.0. The van der Waals surface area contributed by atoms with E-state index in [4.69, 9.17) is 43.0 Å². The molecule has 14 heteroatoms. The van der Waals surface area contributed by atoms with E-state index in [-0.39, 0.29) is 54.7 Å². The van der Waals surface area contributed by atoms with Crippen molar-refractivity contribution >= 4 is 5.97 Å². The van der Waals surface area contributed by atoms with Crippen molar-refractivity contribution in [3.8, 4) is 0 Å². The van der Waals surface area contributed by atoms with Gasteiger partial charge >= 0.3 is 5.97 Å². The van der Waals surface area contributed by atoms with E-state index in [0.717, 1.165) is 37.8 Å². The van der Waals surface area contributed by atoms with Crippen molar-refractivity contribution in [3.05, 3.63) is 36.5 Å². The molecular weight excluding hydrogens is 787 g/mol. The number of hydrogen-bond acceptors (Lipinski definition) is 13. The molecule has 61 heavy (non-hydrogen) atoms. The van der Waals surface area contributed by atoms with Crippen molar-refractivity contribution in [1.29, 1.82) is 0 Å². The third kappa shape index (κ3) is 8.15. The average molecular weight is 858 g/mol. The lowest BCUT2D eigenvalue weighted by atomic mass is 9.76. The largest absolute Gasteiger partial charge is 0.481 e. The second kappa shape index (κ2) is 16.3. The molecule has 9 aliphatic heterocycles. The van der Waals surface area contributed by atoms with Gasteiger partial charge in [-0.15, -0.1) is 0 Å². The summed E-state index contributed by atoms with van der Waals surface area (Å²) in [6, 6.07) is 0. The Hall–Kier alpha value is -1.79. The van der Waals surface area contributed by atoms with E-state index in [1.807, 2.05) is 19.1 Å². The van der Waals surface area contributed by atoms with Gasteiger partial charge in [0.05, 0.1) is 55.3 Å². The van der Waals surface area contributed by atoms with Crippen molar-refractivity contribution in [2.75, 3.05) is 6.54 Å². The molecular formula is C47H71NO13. The zero-order valence-electron chi connectivity index (χ0n) is 36.9. The quantitative estimate of drug-likeness (QED) is 0.190. The van der Waals surface area contributed by atoms with E-state index in [0.29, 0.717) is 62.7 Å². The Morgan fingerprint density at radius 3 is 2.41 bits per heavy atom. The van der Waals surface area contributed by atoms with Gasteiger partial charge in [-0.05, 0) is 54.9 Å². The van der Waals surface area contributed by atoms with E-state index < -0.39 is 65.4 Å². The molecule has 0 saturated carbocycles. The number of carboxylic acids is 1. The molecule has 3 spiro atoms. The fourth-order valence-electron chi connectivity index (χ4n) is 12.9. The topological polar surface area (TPSA) is 184 Å². The molecule has 8 fully saturated rings. The van der Waals surface area contributed by atoms with Gasteiger partial charge in [-0.2, -0.15) is 0 Å². The van der Waals surface area contributed by atoms with E-state index >= 15 is 0 Å². The second-order valence-corrected chi connectivity index (χ2v) is 21.1. The van der Waals surface area contributed by atoms with Gasteiger partial charge in [0, 0.05) is 63.3 Å². The minimum atomic E-state index is -1.90. The van der Waals surface area contributed by atoms with E-state index in [1.54, 1.807) is 6.08 Å². The molecule has 342 valence electrons. The number of rotatable bonds is 9. The predicted molar refractivity (Wildman–Crippen MR) is 220 cm³/mol. The number of aliphatic hydroxyl groups is 3. The maximum absolute atomic E-state index is 12.4. The summed E-state index contributed by atoms with van der Waals surface area (Å²) in [7, 11) is 0. The van der Waals surface area contributed by atoms with Gasteiger partial charge in [0.1, 0.15) is 17.9 Å². The van der Waals surface area contributed by atoms with Crippen LogP contribution in [0.4, 0.5) is 0 Å². The van der Waals surface area contributed by atoms with E-state index in [1.165, 1.54) is 6.08 Å². The van der Waals surface area contributed by atoms with Gasteiger partial charge < -0.3 is 58.3 Å². The minimum Gasteiger partial charge on any atom is -0.481 e. The van der Waals surface area contributed by atoms with Gasteiger partial charge in [-0.3, -0.25) is 10.1 Å². The Balaban J connectivity index is 0.845. The number of ether oxygens (including phenoxy) is 8. The maximum atomic E-state index is 12.4. The standard InChI is InChI=1S/C47H71NO13/c1-25-16-36-41-38(23-45(59-41)29(5)15-26(2)24-48-45)57-44(21-25,56-36)22-28(4)40-27(3)17-31(7)47(53,60-40)42(52)37-20-35-34(54-37)18-30(6)46(58-35)14-13-43(61-46)12-8-9-33(55-43)11-10-32(49)19-39(50)51/h8-11,25-27,29-38,40-42,48-49,52-53H,4,12-24H2,1-3,5-7H3,(H,50,51)/b11-10+/t25-,26+,27-,29-,30+,31+,32?,33-,34+,35+,36+,37-,38+,40-,41+,42+,43-,44-,45-,46+,47+/m0/s1. The third-order valence-corrected chi connectivity index (χ3v) is 16.0. The predicted octanol–water partition coefficient (Wildman–Crippen LogP) is 5.23. The SMILES string of the molecule is C=C(C[C@@]12C[C@@H](C)C[C@@H](O1)[C@H]1O[C@]3(C[C@H]1O2)NC[C@H](C)C[C@@H]3C)[C@H]1O[C@@](O)([C@H](O)[C@@H]2C[C@H]3O[C@@]4(CC[C@]5(CC=C[C@@H](/C=C/C(O)CC(=O)O)O5)O4)[C@H](C)C[C@H]3O2)[C@H](C)C[C@@H]1C. The van der Waals surface area contributed by atoms with Crippen molar-refractivity contribution in [3.63, 3.8) is 0 Å². The van der Waals surface area contributed by atoms with Crippen LogP contribution in [0.25, 0.3) is 0 Å². The van der Waals surface area contributed by atoms with Crippen molar-refractivity contribution in [2.45, 2.75) is 209 Å². The van der Waals surface area contributed by atoms with E-state index in [2.05, 4.69) is 46.5 Å². The van der Waals surface area contributed by atoms with Gasteiger partial charge in [-0.25, -0.2) is 0 Å². The molecule has 14 nitrogen and oxygen atoms in total. The van der Waals surface area contributed by atoms with Gasteiger partial charge in [0.15, 0.2) is 23.1 Å². The molecule has 5 N–H and O–H groups in total. The fourth-order valence-corrected chi connectivity index (χ4v) is 12.9. The molecule has 0 aromatic rings. The Morgan fingerprint density at radius 2 is 1.64 bits per heavy atom. The molecule has 0 aromatic carbocycles. The average Bonchev–Trinajstić information content (AvgIpc) is 3.87. The van der Waals surface area contributed by atoms with Crippen LogP contribution in [0.2, 0.25) is 0 Å². The number of nitrogens with one attached hydrogen (secondary N) is 1. The first-order chi connectivity index (χ1) is 28.8. The Labute approximate surface area is 360 Å². The van der Waals surface area contributed by atoms with Crippen LogP contribution in [-0.2, 0) is 42.7 Å². The Bertz CT molecular complexity index is 1730. The summed E-state index contributed by atoms with van der Waals surface area (Å²) in [4.78, 5) is 11.0.